The van der Waals surface area contributed by atoms with Crippen LogP contribution in [0.4, 0.5) is 5.82 Å². The lowest BCUT2D eigenvalue weighted by atomic mass is 10.2. The van der Waals surface area contributed by atoms with Crippen LogP contribution in [0.15, 0.2) is 30.5 Å². The van der Waals surface area contributed by atoms with Gasteiger partial charge < -0.3 is 15.2 Å². The van der Waals surface area contributed by atoms with Crippen LogP contribution < -0.4 is 5.32 Å². The van der Waals surface area contributed by atoms with E-state index in [1.807, 2.05) is 0 Å². The van der Waals surface area contributed by atoms with Crippen molar-refractivity contribution in [2.75, 3.05) is 11.9 Å². The van der Waals surface area contributed by atoms with Crippen molar-refractivity contribution in [3.63, 3.8) is 0 Å². The summed E-state index contributed by atoms with van der Waals surface area (Å²) in [7, 11) is 0. The van der Waals surface area contributed by atoms with Crippen LogP contribution in [0.2, 0.25) is 0 Å². The van der Waals surface area contributed by atoms with Crippen LogP contribution in [0.1, 0.15) is 17.3 Å². The molecule has 110 valence electrons. The molecule has 0 fully saturated rings. The molecule has 21 heavy (non-hydrogen) atoms. The minimum Gasteiger partial charge on any atom is -0.508 e. The fourth-order valence-electron chi connectivity index (χ4n) is 1.61. The summed E-state index contributed by atoms with van der Waals surface area (Å²) < 4.78 is 6.04. The first kappa shape index (κ1) is 14.5. The molecular formula is C13H14N4O4. The smallest absolute Gasteiger partial charge is 0.327 e. The number of hydrogen-bond acceptors (Lipinski definition) is 6. The maximum Gasteiger partial charge on any atom is 0.327 e. The Morgan fingerprint density at radius 2 is 2.24 bits per heavy atom. The molecule has 2 aromatic rings. The molecule has 0 spiro atoms. The molecule has 0 unspecified atom stereocenters. The molecule has 0 saturated carbocycles. The van der Waals surface area contributed by atoms with Crippen molar-refractivity contribution in [2.24, 2.45) is 0 Å². The Labute approximate surface area is 120 Å². The summed E-state index contributed by atoms with van der Waals surface area (Å²) in [4.78, 5) is 23.2. The van der Waals surface area contributed by atoms with Crippen molar-refractivity contribution in [1.82, 2.24) is 15.0 Å². The highest BCUT2D eigenvalue weighted by atomic mass is 16.5. The molecule has 0 aliphatic carbocycles. The summed E-state index contributed by atoms with van der Waals surface area (Å²) in [6.07, 6.45) is 1.41. The number of amides is 1. The molecule has 1 aromatic carbocycles. The molecule has 2 N–H and O–H groups in total. The minimum absolute atomic E-state index is 0.00591. The van der Waals surface area contributed by atoms with Gasteiger partial charge in [0.1, 0.15) is 12.3 Å². The molecule has 0 radical (unpaired) electrons. The zero-order chi connectivity index (χ0) is 15.2. The van der Waals surface area contributed by atoms with Gasteiger partial charge in [0.25, 0.3) is 5.91 Å². The quantitative estimate of drug-likeness (QED) is 0.789. The number of aromatic nitrogens is 3. The van der Waals surface area contributed by atoms with Crippen molar-refractivity contribution in [3.05, 3.63) is 36.0 Å². The number of anilines is 1. The van der Waals surface area contributed by atoms with E-state index in [2.05, 4.69) is 15.6 Å². The van der Waals surface area contributed by atoms with Crippen molar-refractivity contribution in [1.29, 1.82) is 0 Å². The van der Waals surface area contributed by atoms with Crippen molar-refractivity contribution in [2.45, 2.75) is 13.5 Å². The van der Waals surface area contributed by atoms with E-state index >= 15 is 0 Å². The highest BCUT2D eigenvalue weighted by molar-refractivity contribution is 6.03. The minimum atomic E-state index is -0.437. The second kappa shape index (κ2) is 6.51. The number of carbonyl (C=O) groups is 2. The predicted molar refractivity (Wildman–Crippen MR) is 72.7 cm³/mol. The maximum absolute atomic E-state index is 11.9. The van der Waals surface area contributed by atoms with Gasteiger partial charge in [-0.25, -0.2) is 4.68 Å². The van der Waals surface area contributed by atoms with Gasteiger partial charge in [-0.05, 0) is 25.1 Å². The molecular weight excluding hydrogens is 276 g/mol. The largest absolute Gasteiger partial charge is 0.508 e. The fourth-order valence-corrected chi connectivity index (χ4v) is 1.61. The van der Waals surface area contributed by atoms with Gasteiger partial charge in [0.15, 0.2) is 5.82 Å². The number of aromatic hydroxyl groups is 1. The van der Waals surface area contributed by atoms with Crippen molar-refractivity contribution in [3.8, 4) is 5.75 Å². The molecule has 1 aromatic heterocycles. The number of phenolic OH excluding ortho intramolecular Hbond substituents is 1. The first-order valence-corrected chi connectivity index (χ1v) is 6.24. The van der Waals surface area contributed by atoms with Gasteiger partial charge in [0.05, 0.1) is 12.8 Å². The highest BCUT2D eigenvalue weighted by Crippen LogP contribution is 2.12. The summed E-state index contributed by atoms with van der Waals surface area (Å²) >= 11 is 0. The van der Waals surface area contributed by atoms with Crippen LogP contribution in [0.25, 0.3) is 0 Å². The van der Waals surface area contributed by atoms with Crippen LogP contribution in [0.5, 0.6) is 5.75 Å². The van der Waals surface area contributed by atoms with E-state index < -0.39 is 11.9 Å². The number of carbonyl (C=O) groups excluding carboxylic acids is 2. The summed E-state index contributed by atoms with van der Waals surface area (Å²) in [5, 5.41) is 19.3. The van der Waals surface area contributed by atoms with Gasteiger partial charge in [-0.15, -0.1) is 5.10 Å². The third kappa shape index (κ3) is 4.03. The Balaban J connectivity index is 1.99. The molecule has 2 rings (SSSR count). The molecule has 1 heterocycles. The Bertz CT molecular complexity index is 653. The monoisotopic (exact) mass is 290 g/mol. The molecule has 8 nitrogen and oxygen atoms in total. The van der Waals surface area contributed by atoms with Crippen LogP contribution in [-0.4, -0.2) is 38.6 Å². The van der Waals surface area contributed by atoms with Crippen LogP contribution in [0.3, 0.4) is 0 Å². The maximum atomic E-state index is 11.9. The van der Waals surface area contributed by atoms with Crippen LogP contribution in [-0.2, 0) is 16.1 Å². The Hall–Kier alpha value is -2.90. The summed E-state index contributed by atoms with van der Waals surface area (Å²) in [5.74, 6) is -0.677. The Morgan fingerprint density at radius 3 is 2.95 bits per heavy atom. The summed E-state index contributed by atoms with van der Waals surface area (Å²) in [6.45, 7) is 1.91. The topological polar surface area (TPSA) is 106 Å². The zero-order valence-electron chi connectivity index (χ0n) is 11.3. The number of rotatable bonds is 5. The standard InChI is InChI=1S/C13H14N4O4/c1-2-21-12(19)8-17-7-11(15-16-17)14-13(20)9-4-3-5-10(18)6-9/h3-7,18H,2,8H2,1H3,(H,14,20). The molecule has 0 aliphatic rings. The Morgan fingerprint density at radius 1 is 1.43 bits per heavy atom. The van der Waals surface area contributed by atoms with Gasteiger partial charge in [-0.3, -0.25) is 9.59 Å². The van der Waals surface area contributed by atoms with E-state index in [0.717, 1.165) is 0 Å². The zero-order valence-corrected chi connectivity index (χ0v) is 11.3. The second-order valence-electron chi connectivity index (χ2n) is 4.11. The lowest BCUT2D eigenvalue weighted by Crippen LogP contribution is -2.14. The van der Waals surface area contributed by atoms with E-state index in [1.54, 1.807) is 19.1 Å². The number of phenols is 1. The average molecular weight is 290 g/mol. The van der Waals surface area contributed by atoms with Gasteiger partial charge in [0.2, 0.25) is 0 Å². The fraction of sp³-hybridized carbons (Fsp3) is 0.231. The van der Waals surface area contributed by atoms with Gasteiger partial charge >= 0.3 is 5.97 Å². The lowest BCUT2D eigenvalue weighted by molar-refractivity contribution is -0.144. The predicted octanol–water partition coefficient (Wildman–Crippen LogP) is 0.799. The molecule has 0 aliphatic heterocycles. The molecule has 1 amide bonds. The van der Waals surface area contributed by atoms with Crippen molar-refractivity contribution < 1.29 is 19.4 Å². The number of benzene rings is 1. The number of esters is 1. The SMILES string of the molecule is CCOC(=O)Cn1cc(NC(=O)c2cccc(O)c2)nn1. The van der Waals surface area contributed by atoms with E-state index in [-0.39, 0.29) is 30.3 Å². The average Bonchev–Trinajstić information content (AvgIpc) is 2.86. The Kier molecular flexibility index (Phi) is 4.50. The van der Waals surface area contributed by atoms with Crippen LogP contribution >= 0.6 is 0 Å². The molecule has 0 atom stereocenters. The first-order chi connectivity index (χ1) is 10.1. The normalized spacial score (nSPS) is 10.1. The van der Waals surface area contributed by atoms with Gasteiger partial charge in [0, 0.05) is 5.56 Å². The van der Waals surface area contributed by atoms with Gasteiger partial charge in [-0.2, -0.15) is 0 Å². The molecule has 8 heteroatoms. The molecule has 0 bridgehead atoms. The van der Waals surface area contributed by atoms with Gasteiger partial charge in [-0.1, -0.05) is 11.3 Å². The van der Waals surface area contributed by atoms with E-state index in [9.17, 15) is 14.7 Å². The van der Waals surface area contributed by atoms with Crippen LogP contribution in [0, 0.1) is 0 Å². The summed E-state index contributed by atoms with van der Waals surface area (Å²) in [6, 6.07) is 5.91. The van der Waals surface area contributed by atoms with E-state index in [0.29, 0.717) is 0 Å². The first-order valence-electron chi connectivity index (χ1n) is 6.24. The third-order valence-corrected chi connectivity index (χ3v) is 2.49. The van der Waals surface area contributed by atoms with E-state index in [4.69, 9.17) is 4.74 Å². The lowest BCUT2D eigenvalue weighted by Gasteiger charge is -2.02. The number of nitrogens with zero attached hydrogens (tertiary/aromatic N) is 3. The highest BCUT2D eigenvalue weighted by Gasteiger charge is 2.11. The number of nitrogens with one attached hydrogen (secondary N) is 1. The third-order valence-electron chi connectivity index (χ3n) is 2.49. The number of ether oxygens (including phenoxy) is 1. The van der Waals surface area contributed by atoms with Crippen molar-refractivity contribution >= 4 is 17.7 Å². The summed E-state index contributed by atoms with van der Waals surface area (Å²) in [5.41, 5.74) is 0.287. The second-order valence-corrected chi connectivity index (χ2v) is 4.11. The van der Waals surface area contributed by atoms with E-state index in [1.165, 1.54) is 23.0 Å². The molecule has 0 saturated heterocycles. The number of hydrogen-bond donors (Lipinski definition) is 2.